The van der Waals surface area contributed by atoms with E-state index in [4.69, 9.17) is 0 Å². The molecule has 2 heteroatoms. The van der Waals surface area contributed by atoms with Crippen LogP contribution >= 0.6 is 0 Å². The van der Waals surface area contributed by atoms with E-state index in [-0.39, 0.29) is 5.78 Å². The fraction of sp³-hybridized carbons (Fsp3) is 0.188. The van der Waals surface area contributed by atoms with E-state index in [9.17, 15) is 4.79 Å². The highest BCUT2D eigenvalue weighted by Gasteiger charge is 2.20. The molecule has 0 fully saturated rings. The van der Waals surface area contributed by atoms with Crippen molar-refractivity contribution in [2.45, 2.75) is 19.9 Å². The van der Waals surface area contributed by atoms with E-state index in [1.165, 1.54) is 5.56 Å². The predicted octanol–water partition coefficient (Wildman–Crippen LogP) is 3.47. The Balaban J connectivity index is 1.95. The summed E-state index contributed by atoms with van der Waals surface area (Å²) in [5.41, 5.74) is 4.05. The maximum Gasteiger partial charge on any atom is 0.205 e. The molecule has 0 atom stereocenters. The van der Waals surface area contributed by atoms with Crippen LogP contribution in [-0.4, -0.2) is 10.4 Å². The van der Waals surface area contributed by atoms with Gasteiger partial charge in [-0.3, -0.25) is 4.79 Å². The van der Waals surface area contributed by atoms with Crippen LogP contribution in [0.4, 0.5) is 0 Å². The van der Waals surface area contributed by atoms with E-state index in [0.29, 0.717) is 0 Å². The van der Waals surface area contributed by atoms with Crippen LogP contribution in [0.2, 0.25) is 0 Å². The molecule has 0 unspecified atom stereocenters. The number of aromatic nitrogens is 1. The molecule has 1 aromatic heterocycles. The van der Waals surface area contributed by atoms with Crippen LogP contribution < -0.4 is 0 Å². The molecule has 0 aliphatic carbocycles. The zero-order valence-corrected chi connectivity index (χ0v) is 10.4. The lowest BCUT2D eigenvalue weighted by Gasteiger charge is -2.17. The average Bonchev–Trinajstić information content (AvgIpc) is 2.84. The molecule has 0 N–H and O–H groups in total. The first-order valence-corrected chi connectivity index (χ1v) is 6.21. The number of allylic oxidation sites excluding steroid dienone is 1. The first kappa shape index (κ1) is 11.0. The summed E-state index contributed by atoms with van der Waals surface area (Å²) in [6.45, 7) is 2.96. The fourth-order valence-electron chi connectivity index (χ4n) is 2.34. The van der Waals surface area contributed by atoms with E-state index in [1.807, 2.05) is 29.0 Å². The summed E-state index contributed by atoms with van der Waals surface area (Å²) in [4.78, 5) is 12.3. The van der Waals surface area contributed by atoms with Crippen LogP contribution in [0.1, 0.15) is 28.0 Å². The maximum absolute atomic E-state index is 12.3. The van der Waals surface area contributed by atoms with Gasteiger partial charge in [0.25, 0.3) is 0 Å². The smallest absolute Gasteiger partial charge is 0.205 e. The van der Waals surface area contributed by atoms with Gasteiger partial charge in [-0.05, 0) is 37.1 Å². The maximum atomic E-state index is 12.3. The molecular weight excluding hydrogens is 222 g/mol. The molecular formula is C16H15NO. The standard InChI is InChI=1S/C16H15NO/c1-12-4-6-13(7-5-12)11-14-8-10-17-9-2-3-15(17)16(14)18/h2-7,9,11H,8,10H2,1H3/b14-11+. The average molecular weight is 237 g/mol. The van der Waals surface area contributed by atoms with Crippen molar-refractivity contribution in [3.8, 4) is 0 Å². The highest BCUT2D eigenvalue weighted by atomic mass is 16.1. The predicted molar refractivity (Wildman–Crippen MR) is 72.5 cm³/mol. The van der Waals surface area contributed by atoms with Crippen LogP contribution in [-0.2, 0) is 6.54 Å². The summed E-state index contributed by atoms with van der Waals surface area (Å²) < 4.78 is 2.02. The van der Waals surface area contributed by atoms with Gasteiger partial charge in [0.2, 0.25) is 5.78 Å². The molecule has 1 aliphatic heterocycles. The lowest BCUT2D eigenvalue weighted by atomic mass is 9.98. The molecule has 2 heterocycles. The van der Waals surface area contributed by atoms with Crippen molar-refractivity contribution in [2.75, 3.05) is 0 Å². The highest BCUT2D eigenvalue weighted by molar-refractivity contribution is 6.11. The van der Waals surface area contributed by atoms with Gasteiger partial charge in [0, 0.05) is 18.3 Å². The lowest BCUT2D eigenvalue weighted by Crippen LogP contribution is -2.18. The summed E-state index contributed by atoms with van der Waals surface area (Å²) in [6.07, 6.45) is 4.79. The van der Waals surface area contributed by atoms with Gasteiger partial charge in [-0.25, -0.2) is 0 Å². The molecule has 2 aromatic rings. The molecule has 0 amide bonds. The number of carbonyl (C=O) groups excluding carboxylic acids is 1. The van der Waals surface area contributed by atoms with Crippen molar-refractivity contribution in [3.63, 3.8) is 0 Å². The van der Waals surface area contributed by atoms with E-state index in [0.717, 1.165) is 29.8 Å². The summed E-state index contributed by atoms with van der Waals surface area (Å²) in [5.74, 6) is 0.159. The quantitative estimate of drug-likeness (QED) is 0.696. The largest absolute Gasteiger partial charge is 0.344 e. The Kier molecular flexibility index (Phi) is 2.63. The van der Waals surface area contributed by atoms with Crippen molar-refractivity contribution < 1.29 is 4.79 Å². The molecule has 3 rings (SSSR count). The molecule has 18 heavy (non-hydrogen) atoms. The minimum atomic E-state index is 0.159. The summed E-state index contributed by atoms with van der Waals surface area (Å²) in [5, 5.41) is 0. The summed E-state index contributed by atoms with van der Waals surface area (Å²) in [6, 6.07) is 12.1. The van der Waals surface area contributed by atoms with Gasteiger partial charge in [-0.1, -0.05) is 29.8 Å². The third-order valence-electron chi connectivity index (χ3n) is 3.39. The van der Waals surface area contributed by atoms with Gasteiger partial charge in [-0.15, -0.1) is 0 Å². The normalized spacial score (nSPS) is 16.9. The Morgan fingerprint density at radius 1 is 1.17 bits per heavy atom. The van der Waals surface area contributed by atoms with Gasteiger partial charge < -0.3 is 4.57 Å². The van der Waals surface area contributed by atoms with E-state index in [1.54, 1.807) is 0 Å². The molecule has 0 radical (unpaired) electrons. The van der Waals surface area contributed by atoms with Crippen LogP contribution in [0.15, 0.2) is 48.2 Å². The summed E-state index contributed by atoms with van der Waals surface area (Å²) >= 11 is 0. The second-order valence-electron chi connectivity index (χ2n) is 4.75. The van der Waals surface area contributed by atoms with Gasteiger partial charge in [0.15, 0.2) is 0 Å². The molecule has 0 saturated carbocycles. The number of carbonyl (C=O) groups is 1. The monoisotopic (exact) mass is 237 g/mol. The number of Topliss-reactive ketones (excluding diaryl/α,β-unsaturated/α-hetero) is 1. The van der Waals surface area contributed by atoms with Crippen LogP contribution in [0.3, 0.4) is 0 Å². The number of hydrogen-bond donors (Lipinski definition) is 0. The van der Waals surface area contributed by atoms with Gasteiger partial charge in [-0.2, -0.15) is 0 Å². The van der Waals surface area contributed by atoms with E-state index in [2.05, 4.69) is 31.2 Å². The number of ketones is 1. The Hall–Kier alpha value is -2.09. The van der Waals surface area contributed by atoms with Crippen molar-refractivity contribution >= 4 is 11.9 Å². The zero-order chi connectivity index (χ0) is 12.5. The number of nitrogens with zero attached hydrogens (tertiary/aromatic N) is 1. The Morgan fingerprint density at radius 2 is 1.94 bits per heavy atom. The second-order valence-corrected chi connectivity index (χ2v) is 4.75. The zero-order valence-electron chi connectivity index (χ0n) is 10.4. The molecule has 0 saturated heterocycles. The molecule has 1 aliphatic rings. The molecule has 0 spiro atoms. The topological polar surface area (TPSA) is 22.0 Å². The van der Waals surface area contributed by atoms with Crippen molar-refractivity contribution in [1.82, 2.24) is 4.57 Å². The SMILES string of the molecule is Cc1ccc(/C=C2\CCn3cccc3C2=O)cc1. The number of aryl methyl sites for hydroxylation is 2. The second kappa shape index (κ2) is 4.30. The number of fused-ring (bicyclic) bond motifs is 1. The first-order chi connectivity index (χ1) is 8.74. The van der Waals surface area contributed by atoms with Crippen molar-refractivity contribution in [3.05, 3.63) is 65.0 Å². The minimum absolute atomic E-state index is 0.159. The van der Waals surface area contributed by atoms with Crippen molar-refractivity contribution in [2.24, 2.45) is 0 Å². The Labute approximate surface area is 107 Å². The number of benzene rings is 1. The third kappa shape index (κ3) is 1.90. The third-order valence-corrected chi connectivity index (χ3v) is 3.39. The van der Waals surface area contributed by atoms with Crippen LogP contribution in [0.25, 0.3) is 6.08 Å². The summed E-state index contributed by atoms with van der Waals surface area (Å²) in [7, 11) is 0. The molecule has 2 nitrogen and oxygen atoms in total. The molecule has 90 valence electrons. The van der Waals surface area contributed by atoms with E-state index < -0.39 is 0 Å². The van der Waals surface area contributed by atoms with Gasteiger partial charge in [0.1, 0.15) is 0 Å². The van der Waals surface area contributed by atoms with Crippen LogP contribution in [0, 0.1) is 6.92 Å². The van der Waals surface area contributed by atoms with Gasteiger partial charge >= 0.3 is 0 Å². The molecule has 0 bridgehead atoms. The van der Waals surface area contributed by atoms with Crippen molar-refractivity contribution in [1.29, 1.82) is 0 Å². The fourth-order valence-corrected chi connectivity index (χ4v) is 2.34. The first-order valence-electron chi connectivity index (χ1n) is 6.21. The van der Waals surface area contributed by atoms with Gasteiger partial charge in [0.05, 0.1) is 5.69 Å². The minimum Gasteiger partial charge on any atom is -0.344 e. The van der Waals surface area contributed by atoms with E-state index >= 15 is 0 Å². The molecule has 1 aromatic carbocycles. The number of rotatable bonds is 1. The van der Waals surface area contributed by atoms with Crippen LogP contribution in [0.5, 0.6) is 0 Å². The Bertz CT molecular complexity index is 617. The highest BCUT2D eigenvalue weighted by Crippen LogP contribution is 2.22. The Morgan fingerprint density at radius 3 is 2.72 bits per heavy atom. The lowest BCUT2D eigenvalue weighted by molar-refractivity contribution is 0.101. The number of hydrogen-bond acceptors (Lipinski definition) is 1.